The van der Waals surface area contributed by atoms with Crippen molar-refractivity contribution in [2.75, 3.05) is 0 Å². The van der Waals surface area contributed by atoms with Gasteiger partial charge in [-0.25, -0.2) is 23.5 Å². The molecule has 1 aliphatic heterocycles. The third kappa shape index (κ3) is 2.41. The van der Waals surface area contributed by atoms with Gasteiger partial charge in [0, 0.05) is 18.9 Å². The Morgan fingerprint density at radius 3 is 2.58 bits per heavy atom. The van der Waals surface area contributed by atoms with E-state index in [2.05, 4.69) is 0 Å². The van der Waals surface area contributed by atoms with E-state index in [1.807, 2.05) is 19.1 Å². The number of phenols is 1. The molecule has 0 radical (unpaired) electrons. The highest BCUT2D eigenvalue weighted by Crippen LogP contribution is 2.59. The highest BCUT2D eigenvalue weighted by molar-refractivity contribution is 6.13. The fourth-order valence-electron chi connectivity index (χ4n) is 5.85. The van der Waals surface area contributed by atoms with Crippen LogP contribution in [-0.4, -0.2) is 30.6 Å². The van der Waals surface area contributed by atoms with E-state index in [1.165, 1.54) is 22.5 Å². The summed E-state index contributed by atoms with van der Waals surface area (Å²) in [7, 11) is 1.43. The molecule has 31 heavy (non-hydrogen) atoms. The molecule has 0 bridgehead atoms. The Kier molecular flexibility index (Phi) is 3.96. The predicted molar refractivity (Wildman–Crippen MR) is 112 cm³/mol. The van der Waals surface area contributed by atoms with Gasteiger partial charge in [-0.1, -0.05) is 25.1 Å². The maximum atomic E-state index is 13.5. The average Bonchev–Trinajstić information content (AvgIpc) is 2.95. The Balaban J connectivity index is 1.80. The Labute approximate surface area is 177 Å². The molecule has 2 aromatic rings. The first-order chi connectivity index (χ1) is 14.7. The van der Waals surface area contributed by atoms with Crippen LogP contribution in [0.5, 0.6) is 5.75 Å². The molecular formula is C23H23N3O5. The molecule has 2 aliphatic carbocycles. The van der Waals surface area contributed by atoms with Gasteiger partial charge in [-0.3, -0.25) is 9.59 Å². The molecule has 1 N–H and O–H groups in total. The molecule has 1 fully saturated rings. The number of ketones is 2. The maximum absolute atomic E-state index is 13.5. The summed E-state index contributed by atoms with van der Waals surface area (Å²) in [5.41, 5.74) is 0.0430. The highest BCUT2D eigenvalue weighted by atomic mass is 16.3. The largest absolute Gasteiger partial charge is 0.508 e. The zero-order valence-corrected chi connectivity index (χ0v) is 17.5. The van der Waals surface area contributed by atoms with E-state index in [0.717, 1.165) is 10.1 Å². The molecule has 5 rings (SSSR count). The molecule has 0 amide bonds. The number of carbonyl (C=O) groups is 2. The van der Waals surface area contributed by atoms with Gasteiger partial charge in [-0.05, 0) is 48.3 Å². The van der Waals surface area contributed by atoms with Crippen LogP contribution >= 0.6 is 0 Å². The van der Waals surface area contributed by atoms with Crippen LogP contribution in [0.1, 0.15) is 37.8 Å². The number of Topliss-reactive ketones (excluding diaryl/α,β-unsaturated/α-hetero) is 1. The summed E-state index contributed by atoms with van der Waals surface area (Å²) in [6.45, 7) is 3.67. The van der Waals surface area contributed by atoms with Gasteiger partial charge in [-0.2, -0.15) is 0 Å². The fraction of sp³-hybridized carbons (Fsp3) is 0.391. The van der Waals surface area contributed by atoms with Gasteiger partial charge in [0.25, 0.3) is 0 Å². The molecule has 3 aliphatic rings. The number of aromatic nitrogens is 3. The molecule has 2 heterocycles. The number of allylic oxidation sites excluding steroid dienone is 4. The van der Waals surface area contributed by atoms with Crippen LogP contribution in [-0.2, 0) is 23.2 Å². The van der Waals surface area contributed by atoms with Crippen molar-refractivity contribution in [3.63, 3.8) is 0 Å². The third-order valence-electron chi connectivity index (χ3n) is 7.30. The SMILES string of the molecule is CC1=CC(=O)[C@@H]2C[C@@H]3C(=CCn4c(=O)n(C)c(=O)n43)[C@H](c3cccc(O)c3)[C@]2(C)C1=O. The van der Waals surface area contributed by atoms with Crippen LogP contribution < -0.4 is 11.4 Å². The van der Waals surface area contributed by atoms with Crippen LogP contribution in [0, 0.1) is 11.3 Å². The third-order valence-corrected chi connectivity index (χ3v) is 7.30. The molecule has 0 saturated heterocycles. The number of phenolic OH excluding ortho intramolecular Hbond substituents is 1. The van der Waals surface area contributed by atoms with Crippen molar-refractivity contribution in [2.24, 2.45) is 18.4 Å². The lowest BCUT2D eigenvalue weighted by Crippen LogP contribution is -2.54. The minimum absolute atomic E-state index is 0.0619. The van der Waals surface area contributed by atoms with Crippen molar-refractivity contribution in [3.8, 4) is 5.75 Å². The molecule has 8 nitrogen and oxygen atoms in total. The zero-order chi connectivity index (χ0) is 22.2. The molecule has 8 heteroatoms. The van der Waals surface area contributed by atoms with Crippen LogP contribution in [0.4, 0.5) is 0 Å². The number of nitrogens with zero attached hydrogens (tertiary/aromatic N) is 3. The topological polar surface area (TPSA) is 103 Å². The minimum Gasteiger partial charge on any atom is -0.508 e. The summed E-state index contributed by atoms with van der Waals surface area (Å²) in [5.74, 6) is -1.35. The first kappa shape index (κ1) is 19.5. The van der Waals surface area contributed by atoms with Crippen molar-refractivity contribution in [2.45, 2.75) is 38.8 Å². The summed E-state index contributed by atoms with van der Waals surface area (Å²) in [5, 5.41) is 10.1. The van der Waals surface area contributed by atoms with Gasteiger partial charge in [0.15, 0.2) is 11.6 Å². The second-order valence-corrected chi connectivity index (χ2v) is 8.93. The second kappa shape index (κ2) is 6.29. The Hall–Kier alpha value is -3.42. The summed E-state index contributed by atoms with van der Waals surface area (Å²) < 4.78 is 3.87. The molecule has 1 saturated carbocycles. The van der Waals surface area contributed by atoms with Gasteiger partial charge in [0.2, 0.25) is 0 Å². The van der Waals surface area contributed by atoms with Crippen molar-refractivity contribution in [3.05, 3.63) is 74.1 Å². The van der Waals surface area contributed by atoms with E-state index in [1.54, 1.807) is 25.1 Å². The summed E-state index contributed by atoms with van der Waals surface area (Å²) in [6, 6.07) is 6.17. The quantitative estimate of drug-likeness (QED) is 0.702. The first-order valence-electron chi connectivity index (χ1n) is 10.3. The van der Waals surface area contributed by atoms with E-state index in [4.69, 9.17) is 0 Å². The Morgan fingerprint density at radius 1 is 1.13 bits per heavy atom. The van der Waals surface area contributed by atoms with Gasteiger partial charge in [0.1, 0.15) is 5.75 Å². The molecule has 0 unspecified atom stereocenters. The van der Waals surface area contributed by atoms with Crippen molar-refractivity contribution >= 4 is 11.6 Å². The number of rotatable bonds is 1. The van der Waals surface area contributed by atoms with Gasteiger partial charge in [-0.15, -0.1) is 0 Å². The van der Waals surface area contributed by atoms with E-state index >= 15 is 0 Å². The molecular weight excluding hydrogens is 398 g/mol. The predicted octanol–water partition coefficient (Wildman–Crippen LogP) is 1.44. The summed E-state index contributed by atoms with van der Waals surface area (Å²) >= 11 is 0. The fourth-order valence-corrected chi connectivity index (χ4v) is 5.85. The van der Waals surface area contributed by atoms with Crippen molar-refractivity contribution in [1.29, 1.82) is 0 Å². The van der Waals surface area contributed by atoms with Crippen LogP contribution in [0.15, 0.2) is 57.2 Å². The van der Waals surface area contributed by atoms with Crippen molar-refractivity contribution in [1.82, 2.24) is 13.9 Å². The molecule has 160 valence electrons. The van der Waals surface area contributed by atoms with Gasteiger partial charge in [0.05, 0.1) is 18.0 Å². The normalized spacial score (nSPS) is 29.6. The second-order valence-electron chi connectivity index (χ2n) is 8.93. The zero-order valence-electron chi connectivity index (χ0n) is 17.5. The van der Waals surface area contributed by atoms with Crippen molar-refractivity contribution < 1.29 is 14.7 Å². The number of hydrogen-bond acceptors (Lipinski definition) is 5. The molecule has 0 spiro atoms. The smallest absolute Gasteiger partial charge is 0.347 e. The first-order valence-corrected chi connectivity index (χ1v) is 10.3. The van der Waals surface area contributed by atoms with Gasteiger partial charge >= 0.3 is 11.4 Å². The van der Waals surface area contributed by atoms with Crippen LogP contribution in [0.25, 0.3) is 0 Å². The lowest BCUT2D eigenvalue weighted by molar-refractivity contribution is -0.139. The van der Waals surface area contributed by atoms with Gasteiger partial charge < -0.3 is 5.11 Å². The van der Waals surface area contributed by atoms with Crippen LogP contribution in [0.3, 0.4) is 0 Å². The highest BCUT2D eigenvalue weighted by Gasteiger charge is 2.59. The number of fused-ring (bicyclic) bond motifs is 4. The Bertz CT molecular complexity index is 1340. The number of carbonyl (C=O) groups excluding carboxylic acids is 2. The minimum atomic E-state index is -1.05. The van der Waals surface area contributed by atoms with E-state index < -0.39 is 34.7 Å². The standard InChI is InChI=1S/C23H23N3O5/c1-12-9-18(28)16-11-17-15(7-8-25-21(30)24(3)22(31)26(17)25)19(23(16,2)20(12)29)13-5-4-6-14(27)10-13/h4-7,9-10,16-17,19,27H,8,11H2,1-3H3/t16-,17+,19-,23+/m0/s1. The van der Waals surface area contributed by atoms with Crippen LogP contribution in [0.2, 0.25) is 0 Å². The average molecular weight is 421 g/mol. The Morgan fingerprint density at radius 2 is 1.87 bits per heavy atom. The summed E-state index contributed by atoms with van der Waals surface area (Å²) in [4.78, 5) is 52.0. The monoisotopic (exact) mass is 421 g/mol. The number of hydrogen-bond donors (Lipinski definition) is 1. The molecule has 1 aromatic heterocycles. The maximum Gasteiger partial charge on any atom is 0.347 e. The van der Waals surface area contributed by atoms with E-state index in [-0.39, 0.29) is 30.3 Å². The number of benzene rings is 1. The van der Waals surface area contributed by atoms with E-state index in [9.17, 15) is 24.3 Å². The number of aromatic hydroxyl groups is 1. The lowest BCUT2D eigenvalue weighted by atomic mass is 9.51. The lowest BCUT2D eigenvalue weighted by Gasteiger charge is -2.52. The van der Waals surface area contributed by atoms with E-state index in [0.29, 0.717) is 11.1 Å². The molecule has 1 aromatic carbocycles. The summed E-state index contributed by atoms with van der Waals surface area (Å²) in [6.07, 6.45) is 3.55. The molecule has 4 atom stereocenters.